The van der Waals surface area contributed by atoms with E-state index in [4.69, 9.17) is 4.74 Å². The molecule has 1 saturated heterocycles. The second kappa shape index (κ2) is 4.59. The number of rotatable bonds is 3. The van der Waals surface area contributed by atoms with Gasteiger partial charge in [0.2, 0.25) is 5.91 Å². The Bertz CT molecular complexity index is 564. The minimum absolute atomic E-state index is 0.137. The SMILES string of the molecule is Cc1c(C2C(C(=O)O)OCC(=O)N2C2CC2)cnn1C. The second-order valence-electron chi connectivity index (χ2n) is 5.36. The Kier molecular flexibility index (Phi) is 3.01. The number of nitrogens with zero attached hydrogens (tertiary/aromatic N) is 3. The van der Waals surface area contributed by atoms with Gasteiger partial charge < -0.3 is 14.7 Å². The monoisotopic (exact) mass is 279 g/mol. The van der Waals surface area contributed by atoms with Crippen LogP contribution in [0.5, 0.6) is 0 Å². The van der Waals surface area contributed by atoms with E-state index in [-0.39, 0.29) is 18.6 Å². The normalized spacial score (nSPS) is 26.9. The lowest BCUT2D eigenvalue weighted by atomic mass is 9.98. The summed E-state index contributed by atoms with van der Waals surface area (Å²) in [4.78, 5) is 25.3. The van der Waals surface area contributed by atoms with Crippen molar-refractivity contribution in [1.29, 1.82) is 0 Å². The van der Waals surface area contributed by atoms with Gasteiger partial charge in [0.05, 0.1) is 12.2 Å². The first-order valence-corrected chi connectivity index (χ1v) is 6.64. The van der Waals surface area contributed by atoms with Crippen LogP contribution in [0.4, 0.5) is 0 Å². The Balaban J connectivity index is 2.04. The molecule has 1 aliphatic heterocycles. The van der Waals surface area contributed by atoms with Crippen LogP contribution in [0.2, 0.25) is 0 Å². The van der Waals surface area contributed by atoms with Crippen LogP contribution < -0.4 is 0 Å². The molecule has 2 unspecified atom stereocenters. The van der Waals surface area contributed by atoms with Gasteiger partial charge in [-0.05, 0) is 19.8 Å². The van der Waals surface area contributed by atoms with Crippen molar-refractivity contribution < 1.29 is 19.4 Å². The molecule has 1 aliphatic carbocycles. The molecule has 2 atom stereocenters. The molecule has 2 fully saturated rings. The van der Waals surface area contributed by atoms with Crippen LogP contribution in [0.1, 0.15) is 30.1 Å². The highest BCUT2D eigenvalue weighted by Crippen LogP contribution is 2.40. The molecule has 1 N–H and O–H groups in total. The average molecular weight is 279 g/mol. The first kappa shape index (κ1) is 13.1. The lowest BCUT2D eigenvalue weighted by Crippen LogP contribution is -2.52. The van der Waals surface area contributed by atoms with E-state index in [1.165, 1.54) is 0 Å². The first-order valence-electron chi connectivity index (χ1n) is 6.64. The van der Waals surface area contributed by atoms with Crippen molar-refractivity contribution in [2.75, 3.05) is 6.61 Å². The van der Waals surface area contributed by atoms with E-state index >= 15 is 0 Å². The maximum atomic E-state index is 12.1. The number of aromatic nitrogens is 2. The van der Waals surface area contributed by atoms with Crippen LogP contribution in [0, 0.1) is 6.92 Å². The maximum Gasteiger partial charge on any atom is 0.335 e. The first-order chi connectivity index (χ1) is 9.50. The molecular formula is C13H17N3O4. The number of hydrogen-bond acceptors (Lipinski definition) is 4. The van der Waals surface area contributed by atoms with E-state index in [1.807, 2.05) is 6.92 Å². The summed E-state index contributed by atoms with van der Waals surface area (Å²) >= 11 is 0. The number of ether oxygens (including phenoxy) is 1. The Labute approximate surface area is 116 Å². The van der Waals surface area contributed by atoms with E-state index < -0.39 is 18.1 Å². The van der Waals surface area contributed by atoms with Crippen LogP contribution in [0.25, 0.3) is 0 Å². The van der Waals surface area contributed by atoms with Crippen LogP contribution in [-0.2, 0) is 21.4 Å². The van der Waals surface area contributed by atoms with Gasteiger partial charge in [0.25, 0.3) is 0 Å². The Morgan fingerprint density at radius 1 is 1.50 bits per heavy atom. The maximum absolute atomic E-state index is 12.1. The number of hydrogen-bond donors (Lipinski definition) is 1. The smallest absolute Gasteiger partial charge is 0.335 e. The summed E-state index contributed by atoms with van der Waals surface area (Å²) in [7, 11) is 1.79. The molecule has 0 aromatic carbocycles. The number of carboxylic acids is 1. The molecule has 0 radical (unpaired) electrons. The van der Waals surface area contributed by atoms with Gasteiger partial charge >= 0.3 is 5.97 Å². The fourth-order valence-electron chi connectivity index (χ4n) is 2.74. The molecule has 108 valence electrons. The Morgan fingerprint density at radius 3 is 2.70 bits per heavy atom. The molecule has 1 aromatic heterocycles. The number of aliphatic carboxylic acids is 1. The van der Waals surface area contributed by atoms with Gasteiger partial charge in [0.1, 0.15) is 6.61 Å². The lowest BCUT2D eigenvalue weighted by molar-refractivity contribution is -0.174. The van der Waals surface area contributed by atoms with Crippen molar-refractivity contribution in [1.82, 2.24) is 14.7 Å². The van der Waals surface area contributed by atoms with Crippen molar-refractivity contribution in [3.63, 3.8) is 0 Å². The van der Waals surface area contributed by atoms with Crippen molar-refractivity contribution in [3.05, 3.63) is 17.5 Å². The second-order valence-corrected chi connectivity index (χ2v) is 5.36. The number of carbonyl (C=O) groups is 2. The predicted molar refractivity (Wildman–Crippen MR) is 67.9 cm³/mol. The van der Waals surface area contributed by atoms with Gasteiger partial charge in [-0.15, -0.1) is 0 Å². The third kappa shape index (κ3) is 1.98. The van der Waals surface area contributed by atoms with Gasteiger partial charge in [-0.2, -0.15) is 5.10 Å². The Morgan fingerprint density at radius 2 is 2.20 bits per heavy atom. The number of aryl methyl sites for hydroxylation is 1. The molecule has 2 heterocycles. The third-order valence-corrected chi connectivity index (χ3v) is 4.04. The standard InChI is InChI=1S/C13H17N3O4/c1-7-9(5-14-15(7)2)11-12(13(18)19)20-6-10(17)16(11)8-3-4-8/h5,8,11-12H,3-4,6H2,1-2H3,(H,18,19). The molecule has 7 nitrogen and oxygen atoms in total. The zero-order valence-corrected chi connectivity index (χ0v) is 11.4. The Hall–Kier alpha value is -1.89. The summed E-state index contributed by atoms with van der Waals surface area (Å²) < 4.78 is 6.94. The van der Waals surface area contributed by atoms with Crippen molar-refractivity contribution >= 4 is 11.9 Å². The predicted octanol–water partition coefficient (Wildman–Crippen LogP) is 0.244. The quantitative estimate of drug-likeness (QED) is 0.857. The number of carbonyl (C=O) groups excluding carboxylic acids is 1. The molecule has 1 amide bonds. The average Bonchev–Trinajstić information content (AvgIpc) is 3.17. The molecule has 7 heteroatoms. The van der Waals surface area contributed by atoms with Crippen molar-refractivity contribution in [3.8, 4) is 0 Å². The summed E-state index contributed by atoms with van der Waals surface area (Å²) in [6, 6.07) is -0.451. The zero-order chi connectivity index (χ0) is 14.4. The zero-order valence-electron chi connectivity index (χ0n) is 11.4. The molecular weight excluding hydrogens is 262 g/mol. The summed E-state index contributed by atoms with van der Waals surface area (Å²) in [5.74, 6) is -1.19. The molecule has 0 spiro atoms. The van der Waals surface area contributed by atoms with Crippen LogP contribution in [-0.4, -0.2) is 50.4 Å². The largest absolute Gasteiger partial charge is 0.479 e. The highest BCUT2D eigenvalue weighted by atomic mass is 16.5. The molecule has 1 saturated carbocycles. The molecule has 3 rings (SSSR count). The minimum Gasteiger partial charge on any atom is -0.479 e. The summed E-state index contributed by atoms with van der Waals surface area (Å²) in [6.07, 6.45) is 2.45. The fraction of sp³-hybridized carbons (Fsp3) is 0.615. The number of amides is 1. The van der Waals surface area contributed by atoms with E-state index in [0.717, 1.165) is 24.1 Å². The van der Waals surface area contributed by atoms with Gasteiger partial charge in [-0.25, -0.2) is 4.79 Å². The molecule has 1 aromatic rings. The number of morpholine rings is 1. The highest BCUT2D eigenvalue weighted by Gasteiger charge is 2.48. The minimum atomic E-state index is -1.04. The van der Waals surface area contributed by atoms with Gasteiger partial charge in [-0.3, -0.25) is 9.48 Å². The van der Waals surface area contributed by atoms with E-state index in [9.17, 15) is 14.7 Å². The highest BCUT2D eigenvalue weighted by molar-refractivity contribution is 5.83. The van der Waals surface area contributed by atoms with Crippen LogP contribution >= 0.6 is 0 Å². The van der Waals surface area contributed by atoms with Crippen LogP contribution in [0.3, 0.4) is 0 Å². The molecule has 2 aliphatic rings. The molecule has 20 heavy (non-hydrogen) atoms. The van der Waals surface area contributed by atoms with Crippen molar-refractivity contribution in [2.45, 2.75) is 38.0 Å². The lowest BCUT2D eigenvalue weighted by Gasteiger charge is -2.39. The van der Waals surface area contributed by atoms with E-state index in [2.05, 4.69) is 5.10 Å². The third-order valence-electron chi connectivity index (χ3n) is 4.04. The number of carboxylic acid groups (broad SMARTS) is 1. The topological polar surface area (TPSA) is 84.7 Å². The van der Waals surface area contributed by atoms with Crippen LogP contribution in [0.15, 0.2) is 6.20 Å². The van der Waals surface area contributed by atoms with Gasteiger partial charge in [0.15, 0.2) is 6.10 Å². The summed E-state index contributed by atoms with van der Waals surface area (Å²) in [6.45, 7) is 1.70. The molecule has 0 bridgehead atoms. The van der Waals surface area contributed by atoms with Crippen molar-refractivity contribution in [2.24, 2.45) is 7.05 Å². The van der Waals surface area contributed by atoms with Gasteiger partial charge in [-0.1, -0.05) is 0 Å². The van der Waals surface area contributed by atoms with E-state index in [1.54, 1.807) is 22.8 Å². The van der Waals surface area contributed by atoms with Gasteiger partial charge in [0, 0.05) is 24.3 Å². The summed E-state index contributed by atoms with van der Waals surface area (Å²) in [5, 5.41) is 13.5. The van der Waals surface area contributed by atoms with E-state index in [0.29, 0.717) is 0 Å². The summed E-state index contributed by atoms with van der Waals surface area (Å²) in [5.41, 5.74) is 1.60. The fourth-order valence-corrected chi connectivity index (χ4v) is 2.74.